The van der Waals surface area contributed by atoms with Crippen LogP contribution in [0.15, 0.2) is 77.7 Å². The zero-order chi connectivity index (χ0) is 29.4. The molecule has 0 spiro atoms. The van der Waals surface area contributed by atoms with E-state index in [4.69, 9.17) is 11.6 Å². The summed E-state index contributed by atoms with van der Waals surface area (Å²) in [5.41, 5.74) is 3.08. The van der Waals surface area contributed by atoms with E-state index in [1.54, 1.807) is 18.2 Å². The Balaban J connectivity index is 2.06. The van der Waals surface area contributed by atoms with Crippen LogP contribution in [0.3, 0.4) is 0 Å². The van der Waals surface area contributed by atoms with Gasteiger partial charge in [-0.2, -0.15) is 0 Å². The van der Waals surface area contributed by atoms with Crippen LogP contribution in [0.5, 0.6) is 0 Å². The van der Waals surface area contributed by atoms with Crippen molar-refractivity contribution in [2.75, 3.05) is 10.8 Å². The first-order valence-electron chi connectivity index (χ1n) is 13.5. The van der Waals surface area contributed by atoms with Gasteiger partial charge in [0.25, 0.3) is 10.0 Å². The molecule has 0 aromatic heterocycles. The molecule has 0 heterocycles. The summed E-state index contributed by atoms with van der Waals surface area (Å²) in [6.45, 7) is 9.23. The van der Waals surface area contributed by atoms with Crippen molar-refractivity contribution in [3.8, 4) is 0 Å². The minimum Gasteiger partial charge on any atom is -0.352 e. The van der Waals surface area contributed by atoms with E-state index in [-0.39, 0.29) is 23.4 Å². The molecule has 0 saturated heterocycles. The van der Waals surface area contributed by atoms with Crippen LogP contribution in [0, 0.1) is 13.8 Å². The monoisotopic (exact) mass is 583 g/mol. The van der Waals surface area contributed by atoms with E-state index in [1.165, 1.54) is 29.2 Å². The lowest BCUT2D eigenvalue weighted by Crippen LogP contribution is -2.53. The Morgan fingerprint density at radius 1 is 0.900 bits per heavy atom. The van der Waals surface area contributed by atoms with Gasteiger partial charge in [0.2, 0.25) is 11.8 Å². The molecule has 0 aliphatic heterocycles. The van der Waals surface area contributed by atoms with Gasteiger partial charge in [-0.1, -0.05) is 67.4 Å². The molecule has 0 aliphatic carbocycles. The maximum atomic E-state index is 14.1. The summed E-state index contributed by atoms with van der Waals surface area (Å²) < 4.78 is 28.9. The number of aryl methyl sites for hydroxylation is 2. The number of rotatable bonds is 12. The molecule has 40 heavy (non-hydrogen) atoms. The third kappa shape index (κ3) is 7.86. The van der Waals surface area contributed by atoms with Gasteiger partial charge in [-0.25, -0.2) is 8.42 Å². The Morgan fingerprint density at radius 3 is 2.10 bits per heavy atom. The van der Waals surface area contributed by atoms with Crippen molar-refractivity contribution in [3.63, 3.8) is 0 Å². The van der Waals surface area contributed by atoms with E-state index >= 15 is 0 Å². The van der Waals surface area contributed by atoms with Gasteiger partial charge in [0.05, 0.1) is 10.6 Å². The van der Waals surface area contributed by atoms with E-state index in [0.717, 1.165) is 27.4 Å². The zero-order valence-electron chi connectivity index (χ0n) is 23.7. The Labute approximate surface area is 243 Å². The van der Waals surface area contributed by atoms with Crippen molar-refractivity contribution >= 4 is 39.1 Å². The summed E-state index contributed by atoms with van der Waals surface area (Å²) >= 11 is 6.01. The second-order valence-electron chi connectivity index (χ2n) is 10.1. The van der Waals surface area contributed by atoms with Gasteiger partial charge in [-0.05, 0) is 81.1 Å². The smallest absolute Gasteiger partial charge is 0.264 e. The summed E-state index contributed by atoms with van der Waals surface area (Å²) in [7, 11) is -4.14. The number of carbonyl (C=O) groups excluding carboxylic acids is 2. The fourth-order valence-electron chi connectivity index (χ4n) is 4.41. The third-order valence-electron chi connectivity index (χ3n) is 6.79. The average Bonchev–Trinajstić information content (AvgIpc) is 2.91. The number of hydrogen-bond acceptors (Lipinski definition) is 4. The Hall–Kier alpha value is -3.36. The first-order chi connectivity index (χ1) is 19.0. The van der Waals surface area contributed by atoms with Crippen molar-refractivity contribution in [1.29, 1.82) is 0 Å². The number of halogens is 1. The highest BCUT2D eigenvalue weighted by Crippen LogP contribution is 2.26. The van der Waals surface area contributed by atoms with Gasteiger partial charge in [0.1, 0.15) is 12.6 Å². The molecular weight excluding hydrogens is 546 g/mol. The molecule has 3 aromatic rings. The SMILES string of the molecule is CC[C@@H](C)NC(=O)[C@@H](CC)N(Cc1cccc(C)c1)C(=O)CN(c1cccc(C)c1)S(=O)(=O)c1ccc(Cl)cc1. The number of benzene rings is 3. The Morgan fingerprint density at radius 2 is 1.52 bits per heavy atom. The summed E-state index contributed by atoms with van der Waals surface area (Å²) in [5.74, 6) is -0.743. The van der Waals surface area contributed by atoms with Crippen molar-refractivity contribution in [2.45, 2.75) is 71.0 Å². The molecule has 7 nitrogen and oxygen atoms in total. The van der Waals surface area contributed by atoms with Crippen molar-refractivity contribution in [3.05, 3.63) is 94.5 Å². The molecule has 0 fully saturated rings. The van der Waals surface area contributed by atoms with Gasteiger partial charge < -0.3 is 10.2 Å². The molecule has 3 aromatic carbocycles. The molecule has 9 heteroatoms. The molecule has 0 saturated carbocycles. The number of carbonyl (C=O) groups is 2. The van der Waals surface area contributed by atoms with Gasteiger partial charge in [0.15, 0.2) is 0 Å². The number of nitrogens with one attached hydrogen (secondary N) is 1. The predicted octanol–water partition coefficient (Wildman–Crippen LogP) is 5.87. The minimum absolute atomic E-state index is 0.0120. The van der Waals surface area contributed by atoms with Crippen LogP contribution in [-0.4, -0.2) is 43.8 Å². The molecule has 0 unspecified atom stereocenters. The number of nitrogens with zero attached hydrogens (tertiary/aromatic N) is 2. The molecule has 3 rings (SSSR count). The van der Waals surface area contributed by atoms with E-state index in [1.807, 2.05) is 65.0 Å². The number of hydrogen-bond donors (Lipinski definition) is 1. The zero-order valence-corrected chi connectivity index (χ0v) is 25.3. The van der Waals surface area contributed by atoms with E-state index in [9.17, 15) is 18.0 Å². The molecule has 1 N–H and O–H groups in total. The fraction of sp³-hybridized carbons (Fsp3) is 0.355. The molecular formula is C31H38ClN3O4S. The van der Waals surface area contributed by atoms with Crippen LogP contribution in [0.2, 0.25) is 5.02 Å². The summed E-state index contributed by atoms with van der Waals surface area (Å²) in [6.07, 6.45) is 1.11. The van der Waals surface area contributed by atoms with E-state index < -0.39 is 28.5 Å². The van der Waals surface area contributed by atoms with Gasteiger partial charge in [-0.15, -0.1) is 0 Å². The molecule has 0 aliphatic rings. The quantitative estimate of drug-likeness (QED) is 0.289. The molecule has 2 atom stereocenters. The highest BCUT2D eigenvalue weighted by molar-refractivity contribution is 7.92. The third-order valence-corrected chi connectivity index (χ3v) is 8.83. The topological polar surface area (TPSA) is 86.8 Å². The van der Waals surface area contributed by atoms with Crippen LogP contribution >= 0.6 is 11.6 Å². The lowest BCUT2D eigenvalue weighted by molar-refractivity contribution is -0.140. The average molecular weight is 584 g/mol. The maximum Gasteiger partial charge on any atom is 0.264 e. The van der Waals surface area contributed by atoms with Crippen LogP contribution < -0.4 is 9.62 Å². The maximum absolute atomic E-state index is 14.1. The first kappa shape index (κ1) is 31.2. The summed E-state index contributed by atoms with van der Waals surface area (Å²) in [5, 5.41) is 3.39. The van der Waals surface area contributed by atoms with Crippen molar-refractivity contribution in [2.24, 2.45) is 0 Å². The normalized spacial score (nSPS) is 12.8. The van der Waals surface area contributed by atoms with Crippen LogP contribution in [-0.2, 0) is 26.2 Å². The Bertz CT molecular complexity index is 1430. The van der Waals surface area contributed by atoms with Crippen molar-refractivity contribution < 1.29 is 18.0 Å². The van der Waals surface area contributed by atoms with Gasteiger partial charge in [-0.3, -0.25) is 13.9 Å². The fourth-order valence-corrected chi connectivity index (χ4v) is 5.95. The van der Waals surface area contributed by atoms with E-state index in [2.05, 4.69) is 5.32 Å². The first-order valence-corrected chi connectivity index (χ1v) is 15.3. The minimum atomic E-state index is -4.14. The summed E-state index contributed by atoms with van der Waals surface area (Å²) in [6, 6.07) is 19.7. The van der Waals surface area contributed by atoms with Gasteiger partial charge >= 0.3 is 0 Å². The molecule has 0 radical (unpaired) electrons. The lowest BCUT2D eigenvalue weighted by Gasteiger charge is -2.34. The second kappa shape index (κ2) is 13.8. The van der Waals surface area contributed by atoms with Crippen LogP contribution in [0.1, 0.15) is 50.3 Å². The number of anilines is 1. The molecule has 0 bridgehead atoms. The van der Waals surface area contributed by atoms with Crippen LogP contribution in [0.25, 0.3) is 0 Å². The highest BCUT2D eigenvalue weighted by atomic mass is 35.5. The van der Waals surface area contributed by atoms with Crippen LogP contribution in [0.4, 0.5) is 5.69 Å². The summed E-state index contributed by atoms with van der Waals surface area (Å²) in [4.78, 5) is 29.0. The van der Waals surface area contributed by atoms with Gasteiger partial charge in [0, 0.05) is 17.6 Å². The second-order valence-corrected chi connectivity index (χ2v) is 12.4. The van der Waals surface area contributed by atoms with Crippen molar-refractivity contribution in [1.82, 2.24) is 10.2 Å². The number of amides is 2. The number of sulfonamides is 1. The largest absolute Gasteiger partial charge is 0.352 e. The van der Waals surface area contributed by atoms with E-state index in [0.29, 0.717) is 17.1 Å². The molecule has 2 amide bonds. The lowest BCUT2D eigenvalue weighted by atomic mass is 10.1. The highest BCUT2D eigenvalue weighted by Gasteiger charge is 2.34. The predicted molar refractivity (Wildman–Crippen MR) is 161 cm³/mol. The molecule has 214 valence electrons. The standard InChI is InChI=1S/C31H38ClN3O4S/c1-6-24(5)33-31(37)29(7-2)34(20-25-12-8-10-22(3)18-25)30(36)21-35(27-13-9-11-23(4)19-27)40(38,39)28-16-14-26(32)15-17-28/h8-19,24,29H,6-7,20-21H2,1-5H3,(H,33,37)/t24-,29-/m1/s1. The Kier molecular flexibility index (Phi) is 10.8.